The van der Waals surface area contributed by atoms with Crippen molar-refractivity contribution in [2.24, 2.45) is 0 Å². The van der Waals surface area contributed by atoms with Crippen molar-refractivity contribution in [1.82, 2.24) is 0 Å². The van der Waals surface area contributed by atoms with Gasteiger partial charge in [0.1, 0.15) is 5.83 Å². The second-order valence-electron chi connectivity index (χ2n) is 2.83. The van der Waals surface area contributed by atoms with Crippen LogP contribution in [0.1, 0.15) is 25.3 Å². The highest BCUT2D eigenvalue weighted by Gasteiger charge is 2.04. The smallest absolute Gasteiger partial charge is 0.119 e. The second kappa shape index (κ2) is 5.03. The molecular weight excluding hydrogens is 187 g/mol. The largest absolute Gasteiger partial charge is 0.210 e. The molecule has 1 aromatic carbocycles. The normalized spacial score (nSPS) is 12.5. The van der Waals surface area contributed by atoms with Gasteiger partial charge in [0.15, 0.2) is 0 Å². The third-order valence-electron chi connectivity index (χ3n) is 1.73. The molecule has 0 spiro atoms. The standard InChI is InChI=1S/C11H12ClF/c1-2-6-10(13)11(12)9-7-4-3-5-8-9/h3-5,7-8H,2,6H2,1H3. The van der Waals surface area contributed by atoms with Gasteiger partial charge in [-0.2, -0.15) is 0 Å². The SMILES string of the molecule is CCCC(F)=C(Cl)c1ccccc1. The van der Waals surface area contributed by atoms with Gasteiger partial charge in [0, 0.05) is 6.42 Å². The van der Waals surface area contributed by atoms with Gasteiger partial charge in [-0.1, -0.05) is 48.9 Å². The van der Waals surface area contributed by atoms with Crippen molar-refractivity contribution in [1.29, 1.82) is 0 Å². The van der Waals surface area contributed by atoms with Crippen molar-refractivity contribution >= 4 is 16.6 Å². The fourth-order valence-electron chi connectivity index (χ4n) is 1.07. The molecule has 0 N–H and O–H groups in total. The number of benzene rings is 1. The lowest BCUT2D eigenvalue weighted by atomic mass is 10.2. The van der Waals surface area contributed by atoms with Gasteiger partial charge in [-0.3, -0.25) is 0 Å². The van der Waals surface area contributed by atoms with Gasteiger partial charge in [0.05, 0.1) is 5.03 Å². The molecule has 0 aliphatic rings. The van der Waals surface area contributed by atoms with E-state index in [0.717, 1.165) is 12.0 Å². The van der Waals surface area contributed by atoms with E-state index in [0.29, 0.717) is 6.42 Å². The molecule has 0 radical (unpaired) electrons. The van der Waals surface area contributed by atoms with Crippen LogP contribution in [0.3, 0.4) is 0 Å². The molecular formula is C11H12ClF. The molecule has 0 saturated carbocycles. The van der Waals surface area contributed by atoms with E-state index in [1.807, 2.05) is 25.1 Å². The van der Waals surface area contributed by atoms with E-state index < -0.39 is 0 Å². The highest BCUT2D eigenvalue weighted by atomic mass is 35.5. The van der Waals surface area contributed by atoms with Gasteiger partial charge in [-0.25, -0.2) is 4.39 Å². The molecule has 0 saturated heterocycles. The molecule has 70 valence electrons. The van der Waals surface area contributed by atoms with Crippen molar-refractivity contribution in [2.75, 3.05) is 0 Å². The molecule has 1 aromatic rings. The summed E-state index contributed by atoms with van der Waals surface area (Å²) in [6, 6.07) is 9.18. The lowest BCUT2D eigenvalue weighted by Gasteiger charge is -2.00. The first-order chi connectivity index (χ1) is 6.25. The zero-order chi connectivity index (χ0) is 9.68. The highest BCUT2D eigenvalue weighted by molar-refractivity contribution is 6.49. The Morgan fingerprint density at radius 1 is 1.31 bits per heavy atom. The first-order valence-electron chi connectivity index (χ1n) is 4.35. The maximum absolute atomic E-state index is 13.2. The van der Waals surface area contributed by atoms with Crippen LogP contribution in [-0.4, -0.2) is 0 Å². The zero-order valence-electron chi connectivity index (χ0n) is 7.56. The van der Waals surface area contributed by atoms with Gasteiger partial charge < -0.3 is 0 Å². The predicted octanol–water partition coefficient (Wildman–Crippen LogP) is 4.36. The summed E-state index contributed by atoms with van der Waals surface area (Å²) < 4.78 is 13.2. The Hall–Kier alpha value is -0.820. The van der Waals surface area contributed by atoms with Crippen LogP contribution >= 0.6 is 11.6 Å². The van der Waals surface area contributed by atoms with Crippen molar-refractivity contribution in [3.8, 4) is 0 Å². The van der Waals surface area contributed by atoms with Crippen molar-refractivity contribution < 1.29 is 4.39 Å². The minimum absolute atomic E-state index is 0.227. The average molecular weight is 199 g/mol. The van der Waals surface area contributed by atoms with Crippen LogP contribution in [0.15, 0.2) is 36.2 Å². The summed E-state index contributed by atoms with van der Waals surface area (Å²) in [5, 5.41) is 0.238. The molecule has 0 unspecified atom stereocenters. The summed E-state index contributed by atoms with van der Waals surface area (Å²) in [6.45, 7) is 1.93. The number of rotatable bonds is 3. The summed E-state index contributed by atoms with van der Waals surface area (Å²) in [5.41, 5.74) is 0.745. The van der Waals surface area contributed by atoms with Gasteiger partial charge in [-0.15, -0.1) is 0 Å². The van der Waals surface area contributed by atoms with Crippen LogP contribution < -0.4 is 0 Å². The van der Waals surface area contributed by atoms with Crippen LogP contribution in [0.4, 0.5) is 4.39 Å². The number of hydrogen-bond donors (Lipinski definition) is 0. The molecule has 2 heteroatoms. The summed E-state index contributed by atoms with van der Waals surface area (Å²) in [4.78, 5) is 0. The average Bonchev–Trinajstić information content (AvgIpc) is 2.18. The molecule has 0 aliphatic carbocycles. The Kier molecular flexibility index (Phi) is 3.97. The molecule has 1 rings (SSSR count). The van der Waals surface area contributed by atoms with Crippen LogP contribution in [0.2, 0.25) is 0 Å². The number of hydrogen-bond acceptors (Lipinski definition) is 0. The van der Waals surface area contributed by atoms with Gasteiger partial charge in [0.25, 0.3) is 0 Å². The van der Waals surface area contributed by atoms with Crippen LogP contribution in [0.5, 0.6) is 0 Å². The third-order valence-corrected chi connectivity index (χ3v) is 2.16. The molecule has 13 heavy (non-hydrogen) atoms. The first-order valence-corrected chi connectivity index (χ1v) is 4.73. The first kappa shape index (κ1) is 10.3. The van der Waals surface area contributed by atoms with E-state index in [1.165, 1.54) is 0 Å². The van der Waals surface area contributed by atoms with Gasteiger partial charge >= 0.3 is 0 Å². The maximum Gasteiger partial charge on any atom is 0.119 e. The molecule has 0 atom stereocenters. The molecule has 0 aliphatic heterocycles. The van der Waals surface area contributed by atoms with Gasteiger partial charge in [0.2, 0.25) is 0 Å². The van der Waals surface area contributed by atoms with E-state index >= 15 is 0 Å². The maximum atomic E-state index is 13.2. The van der Waals surface area contributed by atoms with Gasteiger partial charge in [-0.05, 0) is 12.0 Å². The monoisotopic (exact) mass is 198 g/mol. The van der Waals surface area contributed by atoms with Crippen LogP contribution in [0, 0.1) is 0 Å². The molecule has 0 aromatic heterocycles. The lowest BCUT2D eigenvalue weighted by molar-refractivity contribution is 0.590. The summed E-state index contributed by atoms with van der Waals surface area (Å²) >= 11 is 5.84. The van der Waals surface area contributed by atoms with Crippen LogP contribution in [0.25, 0.3) is 5.03 Å². The number of halogens is 2. The minimum Gasteiger partial charge on any atom is -0.210 e. The Balaban J connectivity index is 2.89. The van der Waals surface area contributed by atoms with E-state index in [1.54, 1.807) is 12.1 Å². The Bertz CT molecular complexity index is 290. The zero-order valence-corrected chi connectivity index (χ0v) is 8.31. The van der Waals surface area contributed by atoms with Crippen LogP contribution in [-0.2, 0) is 0 Å². The van der Waals surface area contributed by atoms with E-state index in [4.69, 9.17) is 11.6 Å². The van der Waals surface area contributed by atoms with E-state index in [2.05, 4.69) is 0 Å². The fraction of sp³-hybridized carbons (Fsp3) is 0.273. The van der Waals surface area contributed by atoms with Crippen molar-refractivity contribution in [2.45, 2.75) is 19.8 Å². The molecule has 0 heterocycles. The Morgan fingerprint density at radius 2 is 1.92 bits per heavy atom. The van der Waals surface area contributed by atoms with Crippen molar-refractivity contribution in [3.05, 3.63) is 41.7 Å². The second-order valence-corrected chi connectivity index (χ2v) is 3.21. The highest BCUT2D eigenvalue weighted by Crippen LogP contribution is 2.26. The predicted molar refractivity (Wildman–Crippen MR) is 55.2 cm³/mol. The summed E-state index contributed by atoms with van der Waals surface area (Å²) in [5.74, 6) is -0.227. The Labute approximate surface area is 83.0 Å². The quantitative estimate of drug-likeness (QED) is 0.677. The van der Waals surface area contributed by atoms with E-state index in [9.17, 15) is 4.39 Å². The third kappa shape index (κ3) is 2.85. The van der Waals surface area contributed by atoms with Crippen molar-refractivity contribution in [3.63, 3.8) is 0 Å². The lowest BCUT2D eigenvalue weighted by Crippen LogP contribution is -1.81. The number of allylic oxidation sites excluding steroid dienone is 1. The Morgan fingerprint density at radius 3 is 2.46 bits per heavy atom. The fourth-order valence-corrected chi connectivity index (χ4v) is 1.29. The summed E-state index contributed by atoms with van der Waals surface area (Å²) in [6.07, 6.45) is 1.18. The molecule has 0 amide bonds. The minimum atomic E-state index is -0.227. The molecule has 0 fully saturated rings. The summed E-state index contributed by atoms with van der Waals surface area (Å²) in [7, 11) is 0. The van der Waals surface area contributed by atoms with E-state index in [-0.39, 0.29) is 10.9 Å². The molecule has 0 bridgehead atoms. The molecule has 0 nitrogen and oxygen atoms in total. The topological polar surface area (TPSA) is 0 Å².